The Hall–Kier alpha value is -3.31. The smallest absolute Gasteiger partial charge is 0.378 e. The fraction of sp³-hybridized carbons (Fsp3) is 0.261. The zero-order chi connectivity index (χ0) is 23.9. The molecule has 0 spiro atoms. The van der Waals surface area contributed by atoms with E-state index in [0.29, 0.717) is 42.7 Å². The van der Waals surface area contributed by atoms with E-state index in [-0.39, 0.29) is 28.0 Å². The number of para-hydroxylation sites is 1. The number of carbonyl (C=O) groups excluding carboxylic acids is 1. The molecule has 176 valence electrons. The fourth-order valence-electron chi connectivity index (χ4n) is 3.92. The third-order valence-corrected chi connectivity index (χ3v) is 6.54. The first kappa shape index (κ1) is 22.5. The Labute approximate surface area is 195 Å². The van der Waals surface area contributed by atoms with E-state index in [1.807, 2.05) is 12.1 Å². The first-order chi connectivity index (χ1) is 16.3. The summed E-state index contributed by atoms with van der Waals surface area (Å²) in [5.74, 6) is -0.170. The molecule has 0 aliphatic carbocycles. The molecule has 1 amide bonds. The molecule has 0 saturated carbocycles. The Balaban J connectivity index is 1.63. The Morgan fingerprint density at radius 3 is 2.65 bits per heavy atom. The SMILES string of the molecule is O=C(CSc1nc2c([nH]c3ccccc32)c(=O)n1-c1cccc(C(F)(F)F)c1)N1CCOCC1. The van der Waals surface area contributed by atoms with Crippen LogP contribution in [0.3, 0.4) is 0 Å². The van der Waals surface area contributed by atoms with Crippen molar-refractivity contribution in [3.63, 3.8) is 0 Å². The first-order valence-electron chi connectivity index (χ1n) is 10.5. The molecule has 2 aromatic heterocycles. The molecule has 1 saturated heterocycles. The predicted octanol–water partition coefficient (Wildman–Crippen LogP) is 3.84. The molecule has 5 rings (SSSR count). The molecular weight excluding hydrogens is 469 g/mol. The van der Waals surface area contributed by atoms with Crippen molar-refractivity contribution in [3.05, 3.63) is 64.4 Å². The lowest BCUT2D eigenvalue weighted by atomic mass is 10.2. The van der Waals surface area contributed by atoms with Gasteiger partial charge in [0.1, 0.15) is 11.0 Å². The molecule has 11 heteroatoms. The molecule has 1 fully saturated rings. The van der Waals surface area contributed by atoms with E-state index in [1.54, 1.807) is 17.0 Å². The lowest BCUT2D eigenvalue weighted by Gasteiger charge is -2.26. The van der Waals surface area contributed by atoms with Gasteiger partial charge >= 0.3 is 6.18 Å². The standard InChI is InChI=1S/C23H19F3N4O3S/c24-23(25,26)14-4-3-5-15(12-14)30-21(32)20-19(16-6-1-2-7-17(16)27-20)28-22(30)34-13-18(31)29-8-10-33-11-9-29/h1-7,12,27H,8-11,13H2. The number of hydrogen-bond donors (Lipinski definition) is 1. The van der Waals surface area contributed by atoms with Gasteiger partial charge in [-0.05, 0) is 24.3 Å². The number of halogens is 3. The molecule has 34 heavy (non-hydrogen) atoms. The topological polar surface area (TPSA) is 80.2 Å². The maximum Gasteiger partial charge on any atom is 0.416 e. The number of nitrogens with one attached hydrogen (secondary N) is 1. The van der Waals surface area contributed by atoms with Gasteiger partial charge in [-0.3, -0.25) is 14.2 Å². The zero-order valence-corrected chi connectivity index (χ0v) is 18.6. The molecule has 0 atom stereocenters. The number of thioether (sulfide) groups is 1. The average molecular weight is 488 g/mol. The second-order valence-corrected chi connectivity index (χ2v) is 8.70. The minimum atomic E-state index is -4.57. The number of fused-ring (bicyclic) bond motifs is 3. The number of morpholine rings is 1. The van der Waals surface area contributed by atoms with Gasteiger partial charge in [-0.1, -0.05) is 36.0 Å². The second kappa shape index (κ2) is 8.80. The molecule has 0 bridgehead atoms. The van der Waals surface area contributed by atoms with Gasteiger partial charge in [-0.25, -0.2) is 4.98 Å². The van der Waals surface area contributed by atoms with Gasteiger partial charge in [-0.2, -0.15) is 13.2 Å². The third-order valence-electron chi connectivity index (χ3n) is 5.61. The maximum absolute atomic E-state index is 13.5. The Kier molecular flexibility index (Phi) is 5.82. The highest BCUT2D eigenvalue weighted by molar-refractivity contribution is 7.99. The summed E-state index contributed by atoms with van der Waals surface area (Å²) in [5.41, 5.74) is -0.123. The Morgan fingerprint density at radius 2 is 1.88 bits per heavy atom. The second-order valence-electron chi connectivity index (χ2n) is 7.76. The number of hydrogen-bond acceptors (Lipinski definition) is 5. The molecule has 4 aromatic rings. The van der Waals surface area contributed by atoms with Crippen LogP contribution >= 0.6 is 11.8 Å². The highest BCUT2D eigenvalue weighted by atomic mass is 32.2. The van der Waals surface area contributed by atoms with Gasteiger partial charge in [-0.15, -0.1) is 0 Å². The summed E-state index contributed by atoms with van der Waals surface area (Å²) in [7, 11) is 0. The van der Waals surface area contributed by atoms with Crippen LogP contribution in [0.2, 0.25) is 0 Å². The third kappa shape index (κ3) is 4.16. The quantitative estimate of drug-likeness (QED) is 0.349. The molecule has 0 unspecified atom stereocenters. The summed E-state index contributed by atoms with van der Waals surface area (Å²) < 4.78 is 46.5. The van der Waals surface area contributed by atoms with Gasteiger partial charge in [0.15, 0.2) is 5.16 Å². The van der Waals surface area contributed by atoms with Crippen LogP contribution in [-0.4, -0.2) is 57.4 Å². The molecule has 1 N–H and O–H groups in total. The monoisotopic (exact) mass is 488 g/mol. The number of rotatable bonds is 4. The number of amides is 1. The summed E-state index contributed by atoms with van der Waals surface area (Å²) >= 11 is 1.02. The van der Waals surface area contributed by atoms with Crippen molar-refractivity contribution in [3.8, 4) is 5.69 Å². The summed E-state index contributed by atoms with van der Waals surface area (Å²) in [5, 5.41) is 0.857. The van der Waals surface area contributed by atoms with Gasteiger partial charge in [0.05, 0.1) is 30.2 Å². The first-order valence-corrected chi connectivity index (χ1v) is 11.5. The van der Waals surface area contributed by atoms with Crippen molar-refractivity contribution >= 4 is 39.6 Å². The van der Waals surface area contributed by atoms with Gasteiger partial charge in [0.2, 0.25) is 5.91 Å². The van der Waals surface area contributed by atoms with Gasteiger partial charge in [0.25, 0.3) is 5.56 Å². The minimum Gasteiger partial charge on any atom is -0.378 e. The summed E-state index contributed by atoms with van der Waals surface area (Å²) in [6.07, 6.45) is -4.57. The number of nitrogens with zero attached hydrogens (tertiary/aromatic N) is 3. The van der Waals surface area contributed by atoms with Crippen LogP contribution in [0, 0.1) is 0 Å². The van der Waals surface area contributed by atoms with Crippen LogP contribution in [0.25, 0.3) is 27.6 Å². The predicted molar refractivity (Wildman–Crippen MR) is 122 cm³/mol. The van der Waals surface area contributed by atoms with Crippen molar-refractivity contribution in [2.24, 2.45) is 0 Å². The van der Waals surface area contributed by atoms with Crippen molar-refractivity contribution in [1.29, 1.82) is 0 Å². The summed E-state index contributed by atoms with van der Waals surface area (Å²) in [6, 6.07) is 11.7. The number of carbonyl (C=O) groups is 1. The maximum atomic E-state index is 13.5. The van der Waals surface area contributed by atoms with E-state index in [9.17, 15) is 22.8 Å². The van der Waals surface area contributed by atoms with Crippen molar-refractivity contribution in [2.45, 2.75) is 11.3 Å². The zero-order valence-electron chi connectivity index (χ0n) is 17.8. The van der Waals surface area contributed by atoms with Crippen molar-refractivity contribution in [2.75, 3.05) is 32.1 Å². The largest absolute Gasteiger partial charge is 0.416 e. The summed E-state index contributed by atoms with van der Waals surface area (Å²) in [4.78, 5) is 35.5. The Morgan fingerprint density at radius 1 is 1.12 bits per heavy atom. The van der Waals surface area contributed by atoms with E-state index >= 15 is 0 Å². The number of alkyl halides is 3. The molecule has 1 aliphatic heterocycles. The lowest BCUT2D eigenvalue weighted by Crippen LogP contribution is -2.41. The molecule has 7 nitrogen and oxygen atoms in total. The fourth-order valence-corrected chi connectivity index (χ4v) is 4.83. The number of H-pyrrole nitrogens is 1. The number of benzene rings is 2. The van der Waals surface area contributed by atoms with Crippen LogP contribution in [0.4, 0.5) is 13.2 Å². The lowest BCUT2D eigenvalue weighted by molar-refractivity contribution is -0.137. The number of ether oxygens (including phenoxy) is 1. The molecular formula is C23H19F3N4O3S. The van der Waals surface area contributed by atoms with Crippen LogP contribution in [0.1, 0.15) is 5.56 Å². The Bertz CT molecular complexity index is 1440. The van der Waals surface area contributed by atoms with Crippen LogP contribution < -0.4 is 5.56 Å². The highest BCUT2D eigenvalue weighted by Crippen LogP contribution is 2.32. The van der Waals surface area contributed by atoms with E-state index in [4.69, 9.17) is 4.74 Å². The normalized spacial score (nSPS) is 14.7. The average Bonchev–Trinajstić information content (AvgIpc) is 3.22. The van der Waals surface area contributed by atoms with E-state index in [2.05, 4.69) is 9.97 Å². The van der Waals surface area contributed by atoms with Crippen LogP contribution in [0.15, 0.2) is 58.5 Å². The molecule has 1 aliphatic rings. The van der Waals surface area contributed by atoms with Crippen molar-refractivity contribution in [1.82, 2.24) is 19.4 Å². The van der Waals surface area contributed by atoms with Crippen LogP contribution in [0.5, 0.6) is 0 Å². The van der Waals surface area contributed by atoms with E-state index in [1.165, 1.54) is 12.1 Å². The van der Waals surface area contributed by atoms with Gasteiger partial charge in [0, 0.05) is 24.0 Å². The minimum absolute atomic E-state index is 0.0146. The van der Waals surface area contributed by atoms with E-state index < -0.39 is 17.3 Å². The van der Waals surface area contributed by atoms with Crippen LogP contribution in [-0.2, 0) is 15.7 Å². The highest BCUT2D eigenvalue weighted by Gasteiger charge is 2.31. The van der Waals surface area contributed by atoms with Crippen molar-refractivity contribution < 1.29 is 22.7 Å². The molecule has 0 radical (unpaired) electrons. The van der Waals surface area contributed by atoms with Gasteiger partial charge < -0.3 is 14.6 Å². The van der Waals surface area contributed by atoms with E-state index in [0.717, 1.165) is 28.5 Å². The molecule has 3 heterocycles. The summed E-state index contributed by atoms with van der Waals surface area (Å²) in [6.45, 7) is 1.83. The number of aromatic amines is 1. The molecule has 2 aromatic carbocycles. The number of aromatic nitrogens is 3.